The van der Waals surface area contributed by atoms with Crippen LogP contribution in [-0.4, -0.2) is 39.6 Å². The Morgan fingerprint density at radius 3 is 2.76 bits per heavy atom. The van der Waals surface area contributed by atoms with Gasteiger partial charge in [-0.3, -0.25) is 0 Å². The van der Waals surface area contributed by atoms with Gasteiger partial charge < -0.3 is 14.8 Å². The summed E-state index contributed by atoms with van der Waals surface area (Å²) in [7, 11) is 3.45. The smallest absolute Gasteiger partial charge is 0.209 e. The molecule has 154 valence electrons. The second kappa shape index (κ2) is 10.7. The lowest BCUT2D eigenvalue weighted by molar-refractivity contribution is 0.281. The molecule has 10 heteroatoms. The maximum atomic E-state index is 6.25. The third kappa shape index (κ3) is 5.99. The van der Waals surface area contributed by atoms with E-state index in [1.165, 1.54) is 0 Å². The molecule has 0 aliphatic rings. The number of hydrogen-bond donors (Lipinski definition) is 1. The zero-order valence-corrected chi connectivity index (χ0v) is 18.4. The third-order valence-electron chi connectivity index (χ3n) is 4.07. The summed E-state index contributed by atoms with van der Waals surface area (Å²) in [5.74, 6) is 2.21. The minimum atomic E-state index is 0.318. The third-order valence-corrected chi connectivity index (χ3v) is 5.67. The maximum absolute atomic E-state index is 6.25. The number of aryl methyl sites for hydroxylation is 1. The van der Waals surface area contributed by atoms with Gasteiger partial charge >= 0.3 is 0 Å². The van der Waals surface area contributed by atoms with Gasteiger partial charge in [-0.15, -0.1) is 5.10 Å². The molecule has 1 heterocycles. The Bertz CT molecular complexity index is 954. The van der Waals surface area contributed by atoms with Crippen LogP contribution in [0.15, 0.2) is 41.6 Å². The van der Waals surface area contributed by atoms with Crippen molar-refractivity contribution in [3.63, 3.8) is 0 Å². The van der Waals surface area contributed by atoms with E-state index >= 15 is 0 Å². The molecule has 2 aromatic carbocycles. The molecule has 0 fully saturated rings. The van der Waals surface area contributed by atoms with Crippen LogP contribution in [0.25, 0.3) is 0 Å². The van der Waals surface area contributed by atoms with E-state index in [0.717, 1.165) is 28.6 Å². The van der Waals surface area contributed by atoms with Gasteiger partial charge in [0.15, 0.2) is 11.5 Å². The largest absolute Gasteiger partial charge is 0.493 e. The number of halogens is 2. The van der Waals surface area contributed by atoms with Crippen LogP contribution in [0.3, 0.4) is 0 Å². The molecule has 0 unspecified atom stereocenters. The first-order valence-corrected chi connectivity index (χ1v) is 10.6. The monoisotopic (exact) mass is 453 g/mol. The Balaban J connectivity index is 1.59. The van der Waals surface area contributed by atoms with Crippen LogP contribution < -0.4 is 14.8 Å². The summed E-state index contributed by atoms with van der Waals surface area (Å²) in [6.45, 7) is 1.74. The van der Waals surface area contributed by atoms with Crippen molar-refractivity contribution in [2.75, 3.05) is 19.4 Å². The van der Waals surface area contributed by atoms with Crippen LogP contribution in [0, 0.1) is 0 Å². The van der Waals surface area contributed by atoms with E-state index in [9.17, 15) is 0 Å². The molecule has 29 heavy (non-hydrogen) atoms. The van der Waals surface area contributed by atoms with E-state index in [4.69, 9.17) is 32.7 Å². The molecule has 7 nitrogen and oxygen atoms in total. The van der Waals surface area contributed by atoms with Crippen molar-refractivity contribution in [3.8, 4) is 11.5 Å². The molecule has 0 saturated heterocycles. The zero-order chi connectivity index (χ0) is 20.6. The van der Waals surface area contributed by atoms with Gasteiger partial charge in [-0.2, -0.15) is 0 Å². The highest BCUT2D eigenvalue weighted by Crippen LogP contribution is 2.32. The van der Waals surface area contributed by atoms with E-state index in [0.29, 0.717) is 34.7 Å². The first kappa shape index (κ1) is 21.7. The summed E-state index contributed by atoms with van der Waals surface area (Å²) in [6, 6.07) is 11.2. The number of tetrazole rings is 1. The molecule has 0 bridgehead atoms. The number of aromatic nitrogens is 4. The SMILES string of the molecule is COc1cccc(CNCCSc2nnnn2C)c1OCc1ccc(Cl)cc1Cl. The van der Waals surface area contributed by atoms with E-state index in [2.05, 4.69) is 20.8 Å². The molecule has 0 spiro atoms. The van der Waals surface area contributed by atoms with Gasteiger partial charge in [-0.25, -0.2) is 4.68 Å². The molecular formula is C19H21Cl2N5O2S. The number of para-hydroxylation sites is 1. The Labute approximate surface area is 183 Å². The standard InChI is InChI=1S/C19H21Cl2N5O2S/c1-26-19(23-24-25-26)29-9-8-22-11-13-4-3-5-17(27-2)18(13)28-12-14-6-7-15(20)10-16(14)21/h3-7,10,22H,8-9,11-12H2,1-2H3. The summed E-state index contributed by atoms with van der Waals surface area (Å²) in [4.78, 5) is 0. The lowest BCUT2D eigenvalue weighted by atomic mass is 10.1. The molecule has 0 radical (unpaired) electrons. The normalized spacial score (nSPS) is 10.9. The van der Waals surface area contributed by atoms with Crippen molar-refractivity contribution in [1.82, 2.24) is 25.5 Å². The van der Waals surface area contributed by atoms with Crippen LogP contribution in [0.2, 0.25) is 10.0 Å². The molecule has 3 aromatic rings. The number of thioether (sulfide) groups is 1. The Morgan fingerprint density at radius 1 is 1.17 bits per heavy atom. The Morgan fingerprint density at radius 2 is 2.03 bits per heavy atom. The molecule has 0 amide bonds. The summed E-state index contributed by atoms with van der Waals surface area (Å²) < 4.78 is 13.2. The topological polar surface area (TPSA) is 74.1 Å². The fourth-order valence-electron chi connectivity index (χ4n) is 2.59. The lowest BCUT2D eigenvalue weighted by Crippen LogP contribution is -2.17. The lowest BCUT2D eigenvalue weighted by Gasteiger charge is -2.16. The van der Waals surface area contributed by atoms with Gasteiger partial charge in [0.1, 0.15) is 6.61 Å². The average Bonchev–Trinajstić information content (AvgIpc) is 3.12. The molecular weight excluding hydrogens is 433 g/mol. The van der Waals surface area contributed by atoms with Crippen LogP contribution >= 0.6 is 35.0 Å². The Kier molecular flexibility index (Phi) is 8.00. The van der Waals surface area contributed by atoms with Gasteiger partial charge in [0.05, 0.1) is 7.11 Å². The molecule has 1 N–H and O–H groups in total. The van der Waals surface area contributed by atoms with Gasteiger partial charge in [0, 0.05) is 47.1 Å². The first-order chi connectivity index (χ1) is 14.1. The summed E-state index contributed by atoms with van der Waals surface area (Å²) in [6.07, 6.45) is 0. The van der Waals surface area contributed by atoms with E-state index in [-0.39, 0.29) is 0 Å². The molecule has 0 aliphatic heterocycles. The fourth-order valence-corrected chi connectivity index (χ4v) is 3.80. The number of nitrogens with one attached hydrogen (secondary N) is 1. The molecule has 3 rings (SSSR count). The molecule has 0 saturated carbocycles. The van der Waals surface area contributed by atoms with E-state index in [1.54, 1.807) is 35.7 Å². The summed E-state index contributed by atoms with van der Waals surface area (Å²) in [5.41, 5.74) is 1.86. The van der Waals surface area contributed by atoms with E-state index < -0.39 is 0 Å². The molecule has 0 aliphatic carbocycles. The number of methoxy groups -OCH3 is 1. The predicted octanol–water partition coefficient (Wildman–Crippen LogP) is 3.99. The van der Waals surface area contributed by atoms with Gasteiger partial charge in [-0.1, -0.05) is 53.2 Å². The van der Waals surface area contributed by atoms with Crippen molar-refractivity contribution in [2.24, 2.45) is 7.05 Å². The average molecular weight is 454 g/mol. The highest BCUT2D eigenvalue weighted by Gasteiger charge is 2.12. The zero-order valence-electron chi connectivity index (χ0n) is 16.1. The van der Waals surface area contributed by atoms with Crippen LogP contribution in [-0.2, 0) is 20.2 Å². The van der Waals surface area contributed by atoms with Gasteiger partial charge in [0.2, 0.25) is 5.16 Å². The number of hydrogen-bond acceptors (Lipinski definition) is 7. The number of ether oxygens (including phenoxy) is 2. The van der Waals surface area contributed by atoms with Crippen LogP contribution in [0.1, 0.15) is 11.1 Å². The summed E-state index contributed by atoms with van der Waals surface area (Å²) in [5, 5.41) is 16.8. The number of rotatable bonds is 10. The highest BCUT2D eigenvalue weighted by molar-refractivity contribution is 7.99. The fraction of sp³-hybridized carbons (Fsp3) is 0.316. The second-order valence-electron chi connectivity index (χ2n) is 6.08. The van der Waals surface area contributed by atoms with Crippen molar-refractivity contribution in [3.05, 3.63) is 57.6 Å². The Hall–Kier alpha value is -2.00. The van der Waals surface area contributed by atoms with E-state index in [1.807, 2.05) is 31.3 Å². The van der Waals surface area contributed by atoms with Crippen molar-refractivity contribution in [2.45, 2.75) is 18.3 Å². The van der Waals surface area contributed by atoms with Gasteiger partial charge in [-0.05, 0) is 28.6 Å². The molecule has 0 atom stereocenters. The first-order valence-electron chi connectivity index (χ1n) is 8.87. The van der Waals surface area contributed by atoms with Crippen LogP contribution in [0.4, 0.5) is 0 Å². The second-order valence-corrected chi connectivity index (χ2v) is 7.99. The minimum absolute atomic E-state index is 0.318. The minimum Gasteiger partial charge on any atom is -0.493 e. The quantitative estimate of drug-likeness (QED) is 0.367. The van der Waals surface area contributed by atoms with Gasteiger partial charge in [0.25, 0.3) is 0 Å². The highest BCUT2D eigenvalue weighted by atomic mass is 35.5. The maximum Gasteiger partial charge on any atom is 0.209 e. The number of nitrogens with zero attached hydrogens (tertiary/aromatic N) is 4. The van der Waals surface area contributed by atoms with Crippen molar-refractivity contribution < 1.29 is 9.47 Å². The van der Waals surface area contributed by atoms with Crippen molar-refractivity contribution >= 4 is 35.0 Å². The van der Waals surface area contributed by atoms with Crippen LogP contribution in [0.5, 0.6) is 11.5 Å². The number of benzene rings is 2. The molecule has 1 aromatic heterocycles. The predicted molar refractivity (Wildman–Crippen MR) is 115 cm³/mol. The summed E-state index contributed by atoms with van der Waals surface area (Å²) >= 11 is 13.8. The van der Waals surface area contributed by atoms with Crippen molar-refractivity contribution in [1.29, 1.82) is 0 Å².